The highest BCUT2D eigenvalue weighted by molar-refractivity contribution is 6.32. The first-order chi connectivity index (χ1) is 9.19. The Labute approximate surface area is 115 Å². The van der Waals surface area contributed by atoms with Crippen molar-refractivity contribution in [2.24, 2.45) is 5.73 Å². The molecule has 2 aromatic carbocycles. The Balaban J connectivity index is 1.99. The smallest absolute Gasteiger partial charge is 0.395 e. The van der Waals surface area contributed by atoms with Gasteiger partial charge < -0.3 is 15.2 Å². The van der Waals surface area contributed by atoms with Gasteiger partial charge >= 0.3 is 6.16 Å². The Hall–Kier alpha value is -2.04. The van der Waals surface area contributed by atoms with E-state index in [9.17, 15) is 4.79 Å². The van der Waals surface area contributed by atoms with Gasteiger partial charge in [-0.15, -0.1) is 0 Å². The summed E-state index contributed by atoms with van der Waals surface area (Å²) in [5.74, 6) is 0.641. The number of carbonyl (C=O) groups excluding carboxylic acids is 1. The van der Waals surface area contributed by atoms with Crippen molar-refractivity contribution < 1.29 is 14.3 Å². The van der Waals surface area contributed by atoms with Crippen LogP contribution in [0, 0.1) is 0 Å². The summed E-state index contributed by atoms with van der Waals surface area (Å²) in [6.07, 6.45) is -0.839. The standard InChI is InChI=1S/C14H12ClNO3/c15-12-3-1-2-4-13(12)19-14(17)18-11-7-5-10(9-16)6-8-11/h1-8H,9,16H2. The van der Waals surface area contributed by atoms with E-state index in [2.05, 4.69) is 0 Å². The number of ether oxygens (including phenoxy) is 2. The van der Waals surface area contributed by atoms with Crippen molar-refractivity contribution in [2.75, 3.05) is 0 Å². The van der Waals surface area contributed by atoms with E-state index in [1.807, 2.05) is 0 Å². The van der Waals surface area contributed by atoms with E-state index in [1.54, 1.807) is 48.5 Å². The summed E-state index contributed by atoms with van der Waals surface area (Å²) in [6.45, 7) is 0.435. The lowest BCUT2D eigenvalue weighted by atomic mass is 10.2. The molecule has 0 spiro atoms. The number of hydrogen-bond donors (Lipinski definition) is 1. The van der Waals surface area contributed by atoms with Gasteiger partial charge in [-0.1, -0.05) is 35.9 Å². The molecule has 0 saturated heterocycles. The molecule has 5 heteroatoms. The Morgan fingerprint density at radius 2 is 1.74 bits per heavy atom. The van der Waals surface area contributed by atoms with Crippen LogP contribution in [0.2, 0.25) is 5.02 Å². The topological polar surface area (TPSA) is 61.5 Å². The van der Waals surface area contributed by atoms with Gasteiger partial charge in [0.1, 0.15) is 5.75 Å². The summed E-state index contributed by atoms with van der Waals surface area (Å²) in [5.41, 5.74) is 6.42. The van der Waals surface area contributed by atoms with E-state index >= 15 is 0 Å². The molecule has 0 unspecified atom stereocenters. The van der Waals surface area contributed by atoms with Crippen LogP contribution in [0.1, 0.15) is 5.56 Å². The Morgan fingerprint density at radius 3 is 2.37 bits per heavy atom. The van der Waals surface area contributed by atoms with Gasteiger partial charge in [0.25, 0.3) is 0 Å². The van der Waals surface area contributed by atoms with E-state index in [0.29, 0.717) is 17.3 Å². The molecule has 2 aromatic rings. The van der Waals surface area contributed by atoms with Crippen molar-refractivity contribution >= 4 is 17.8 Å². The van der Waals surface area contributed by atoms with Gasteiger partial charge in [0.2, 0.25) is 0 Å². The molecule has 2 rings (SSSR count). The third kappa shape index (κ3) is 3.71. The third-order valence-corrected chi connectivity index (χ3v) is 2.70. The Morgan fingerprint density at radius 1 is 1.05 bits per heavy atom. The van der Waals surface area contributed by atoms with Crippen molar-refractivity contribution in [3.05, 3.63) is 59.1 Å². The fraction of sp³-hybridized carbons (Fsp3) is 0.0714. The molecule has 0 amide bonds. The van der Waals surface area contributed by atoms with Crippen LogP contribution in [0.5, 0.6) is 11.5 Å². The van der Waals surface area contributed by atoms with Crippen LogP contribution in [-0.2, 0) is 6.54 Å². The maximum absolute atomic E-state index is 11.6. The molecular weight excluding hydrogens is 266 g/mol. The Kier molecular flexibility index (Phi) is 4.39. The van der Waals surface area contributed by atoms with E-state index < -0.39 is 6.16 Å². The van der Waals surface area contributed by atoms with Crippen molar-refractivity contribution in [3.63, 3.8) is 0 Å². The van der Waals surface area contributed by atoms with Crippen LogP contribution in [0.4, 0.5) is 4.79 Å². The molecule has 19 heavy (non-hydrogen) atoms. The second-order valence-corrected chi connectivity index (χ2v) is 4.14. The molecule has 2 N–H and O–H groups in total. The van der Waals surface area contributed by atoms with Crippen molar-refractivity contribution in [2.45, 2.75) is 6.54 Å². The monoisotopic (exact) mass is 277 g/mol. The first-order valence-corrected chi connectivity index (χ1v) is 6.00. The zero-order valence-electron chi connectivity index (χ0n) is 10.0. The van der Waals surface area contributed by atoms with Crippen LogP contribution >= 0.6 is 11.6 Å². The van der Waals surface area contributed by atoms with Crippen molar-refractivity contribution in [3.8, 4) is 11.5 Å². The quantitative estimate of drug-likeness (QED) is 0.690. The fourth-order valence-electron chi connectivity index (χ4n) is 1.43. The zero-order chi connectivity index (χ0) is 13.7. The van der Waals surface area contributed by atoms with E-state index in [-0.39, 0.29) is 5.75 Å². The molecule has 0 saturated carbocycles. The molecule has 0 fully saturated rings. The highest BCUT2D eigenvalue weighted by Crippen LogP contribution is 2.23. The van der Waals surface area contributed by atoms with Gasteiger partial charge in [0, 0.05) is 6.54 Å². The van der Waals surface area contributed by atoms with E-state index in [1.165, 1.54) is 0 Å². The minimum atomic E-state index is -0.839. The summed E-state index contributed by atoms with van der Waals surface area (Å²) in [7, 11) is 0. The first kappa shape index (κ1) is 13.4. The predicted octanol–water partition coefficient (Wildman–Crippen LogP) is 3.38. The molecule has 98 valence electrons. The van der Waals surface area contributed by atoms with Crippen LogP contribution in [0.25, 0.3) is 0 Å². The number of hydrogen-bond acceptors (Lipinski definition) is 4. The predicted molar refractivity (Wildman–Crippen MR) is 72.4 cm³/mol. The minimum absolute atomic E-state index is 0.257. The highest BCUT2D eigenvalue weighted by atomic mass is 35.5. The molecule has 0 aliphatic rings. The average Bonchev–Trinajstić information content (AvgIpc) is 2.42. The molecule has 0 aliphatic carbocycles. The van der Waals surface area contributed by atoms with Gasteiger partial charge in [-0.2, -0.15) is 0 Å². The summed E-state index contributed by atoms with van der Waals surface area (Å²) in [5, 5.41) is 0.345. The maximum Gasteiger partial charge on any atom is 0.519 e. The van der Waals surface area contributed by atoms with Crippen LogP contribution in [-0.4, -0.2) is 6.16 Å². The summed E-state index contributed by atoms with van der Waals surface area (Å²) in [4.78, 5) is 11.6. The van der Waals surface area contributed by atoms with Crippen molar-refractivity contribution in [1.82, 2.24) is 0 Å². The van der Waals surface area contributed by atoms with E-state index in [0.717, 1.165) is 5.56 Å². The number of rotatable bonds is 3. The van der Waals surface area contributed by atoms with Crippen molar-refractivity contribution in [1.29, 1.82) is 0 Å². The molecule has 0 radical (unpaired) electrons. The number of para-hydroxylation sites is 1. The normalized spacial score (nSPS) is 10.0. The number of halogens is 1. The largest absolute Gasteiger partial charge is 0.519 e. The average molecular weight is 278 g/mol. The molecule has 0 atom stereocenters. The zero-order valence-corrected chi connectivity index (χ0v) is 10.8. The summed E-state index contributed by atoms with van der Waals surface area (Å²) >= 11 is 5.86. The third-order valence-electron chi connectivity index (χ3n) is 2.39. The van der Waals surface area contributed by atoms with Gasteiger partial charge in [0.15, 0.2) is 5.75 Å². The van der Waals surface area contributed by atoms with Crippen LogP contribution in [0.3, 0.4) is 0 Å². The van der Waals surface area contributed by atoms with Crippen LogP contribution in [0.15, 0.2) is 48.5 Å². The SMILES string of the molecule is NCc1ccc(OC(=O)Oc2ccccc2Cl)cc1. The number of nitrogens with two attached hydrogens (primary N) is 1. The van der Waals surface area contributed by atoms with E-state index in [4.69, 9.17) is 26.8 Å². The Bertz CT molecular complexity index is 569. The molecule has 4 nitrogen and oxygen atoms in total. The lowest BCUT2D eigenvalue weighted by molar-refractivity contribution is 0.152. The molecule has 0 aromatic heterocycles. The number of benzene rings is 2. The van der Waals surface area contributed by atoms with Gasteiger partial charge in [-0.05, 0) is 29.8 Å². The molecular formula is C14H12ClNO3. The van der Waals surface area contributed by atoms with Gasteiger partial charge in [-0.25, -0.2) is 4.79 Å². The lowest BCUT2D eigenvalue weighted by Crippen LogP contribution is -2.14. The lowest BCUT2D eigenvalue weighted by Gasteiger charge is -2.07. The van der Waals surface area contributed by atoms with Crippen LogP contribution < -0.4 is 15.2 Å². The fourth-order valence-corrected chi connectivity index (χ4v) is 1.60. The summed E-state index contributed by atoms with van der Waals surface area (Å²) in [6, 6.07) is 13.5. The molecule has 0 bridgehead atoms. The summed E-state index contributed by atoms with van der Waals surface area (Å²) < 4.78 is 10.0. The molecule has 0 aliphatic heterocycles. The van der Waals surface area contributed by atoms with Gasteiger partial charge in [-0.3, -0.25) is 0 Å². The minimum Gasteiger partial charge on any atom is -0.395 e. The van der Waals surface area contributed by atoms with Gasteiger partial charge in [0.05, 0.1) is 5.02 Å². The molecule has 0 heterocycles. The maximum atomic E-state index is 11.6. The number of carbonyl (C=O) groups is 1. The first-order valence-electron chi connectivity index (χ1n) is 5.62. The highest BCUT2D eigenvalue weighted by Gasteiger charge is 2.10. The second kappa shape index (κ2) is 6.22. The second-order valence-electron chi connectivity index (χ2n) is 3.73.